The number of nitrogens with zero attached hydrogens (tertiary/aromatic N) is 2. The smallest absolute Gasteiger partial charge is 0.337 e. The molecule has 4 aromatic rings. The first-order valence-electron chi connectivity index (χ1n) is 13.4. The number of hydrogen-bond acceptors (Lipinski definition) is 6. The van der Waals surface area contributed by atoms with Gasteiger partial charge >= 0.3 is 5.97 Å². The van der Waals surface area contributed by atoms with E-state index in [-0.39, 0.29) is 22.9 Å². The van der Waals surface area contributed by atoms with Crippen molar-refractivity contribution in [2.24, 2.45) is 0 Å². The molecule has 1 amide bonds. The number of hydrogen-bond donors (Lipinski definition) is 2. The molecule has 2 N–H and O–H groups in total. The van der Waals surface area contributed by atoms with Crippen LogP contribution in [0.25, 0.3) is 22.3 Å². The summed E-state index contributed by atoms with van der Waals surface area (Å²) in [6.45, 7) is 10.2. The number of amides is 1. The third-order valence-corrected chi connectivity index (χ3v) is 7.61. The van der Waals surface area contributed by atoms with Gasteiger partial charge < -0.3 is 24.6 Å². The largest absolute Gasteiger partial charge is 0.478 e. The zero-order chi connectivity index (χ0) is 28.6. The molecular formula is C32H33N3O5. The zero-order valence-corrected chi connectivity index (χ0v) is 23.2. The van der Waals surface area contributed by atoms with Gasteiger partial charge in [-0.15, -0.1) is 0 Å². The van der Waals surface area contributed by atoms with Crippen LogP contribution in [0.1, 0.15) is 46.9 Å². The third-order valence-electron chi connectivity index (χ3n) is 7.61. The van der Waals surface area contributed by atoms with Crippen LogP contribution in [-0.2, 0) is 4.79 Å². The topological polar surface area (TPSA) is 103 Å². The Morgan fingerprint density at radius 2 is 1.65 bits per heavy atom. The maximum Gasteiger partial charge on any atom is 0.337 e. The van der Waals surface area contributed by atoms with Crippen LogP contribution in [0.4, 0.5) is 11.4 Å². The fourth-order valence-corrected chi connectivity index (χ4v) is 5.37. The molecule has 40 heavy (non-hydrogen) atoms. The van der Waals surface area contributed by atoms with Crippen molar-refractivity contribution in [3.05, 3.63) is 93.1 Å². The average Bonchev–Trinajstić information content (AvgIpc) is 2.95. The number of rotatable bonds is 6. The van der Waals surface area contributed by atoms with E-state index in [4.69, 9.17) is 4.42 Å². The molecule has 0 spiro atoms. The summed E-state index contributed by atoms with van der Waals surface area (Å²) < 4.78 is 6.49. The second-order valence-corrected chi connectivity index (χ2v) is 10.4. The molecule has 8 heteroatoms. The van der Waals surface area contributed by atoms with E-state index in [1.165, 1.54) is 0 Å². The monoisotopic (exact) mass is 539 g/mol. The number of carbonyl (C=O) groups is 2. The van der Waals surface area contributed by atoms with Gasteiger partial charge in [-0.05, 0) is 68.8 Å². The van der Waals surface area contributed by atoms with Crippen LogP contribution in [0, 0.1) is 13.8 Å². The average molecular weight is 540 g/mol. The number of anilines is 2. The fraction of sp³-hybridized carbons (Fsp3) is 0.281. The third kappa shape index (κ3) is 5.17. The van der Waals surface area contributed by atoms with E-state index in [1.54, 1.807) is 38.1 Å². The van der Waals surface area contributed by atoms with Crippen LogP contribution in [-0.4, -0.2) is 48.1 Å². The fourth-order valence-electron chi connectivity index (χ4n) is 5.37. The van der Waals surface area contributed by atoms with E-state index >= 15 is 0 Å². The standard InChI is InChI=1S/C32H33N3O5/c1-19-17-26(21(3)33-28-8-6-5-7-25(28)32(38)39)31-27(18-19)29(37)20(2)30(40-31)23-9-11-24(12-10-23)35-15-13-34(14-16-35)22(4)36/h5-12,17-18,21,33H,13-16H2,1-4H3,(H,38,39)/t21-/m1/s1. The van der Waals surface area contributed by atoms with Crippen molar-refractivity contribution in [2.75, 3.05) is 36.4 Å². The van der Waals surface area contributed by atoms with Crippen LogP contribution in [0.5, 0.6) is 0 Å². The lowest BCUT2D eigenvalue weighted by atomic mass is 9.98. The van der Waals surface area contributed by atoms with Crippen molar-refractivity contribution in [1.29, 1.82) is 0 Å². The van der Waals surface area contributed by atoms with E-state index in [2.05, 4.69) is 10.2 Å². The van der Waals surface area contributed by atoms with E-state index in [0.717, 1.165) is 35.5 Å². The van der Waals surface area contributed by atoms with Crippen LogP contribution < -0.4 is 15.6 Å². The number of carboxylic acids is 1. The molecule has 0 unspecified atom stereocenters. The van der Waals surface area contributed by atoms with Crippen molar-refractivity contribution in [2.45, 2.75) is 33.7 Å². The molecule has 1 fully saturated rings. The number of nitrogens with one attached hydrogen (secondary N) is 1. The van der Waals surface area contributed by atoms with Gasteiger partial charge in [-0.2, -0.15) is 0 Å². The first-order valence-corrected chi connectivity index (χ1v) is 13.4. The van der Waals surface area contributed by atoms with E-state index in [1.807, 2.05) is 55.1 Å². The van der Waals surface area contributed by atoms with Gasteiger partial charge in [0.25, 0.3) is 0 Å². The molecule has 8 nitrogen and oxygen atoms in total. The molecule has 1 atom stereocenters. The summed E-state index contributed by atoms with van der Waals surface area (Å²) in [7, 11) is 0. The summed E-state index contributed by atoms with van der Waals surface area (Å²) in [5.74, 6) is -0.409. The van der Waals surface area contributed by atoms with Crippen molar-refractivity contribution >= 4 is 34.2 Å². The summed E-state index contributed by atoms with van der Waals surface area (Å²) in [6.07, 6.45) is 0. The van der Waals surface area contributed by atoms with Crippen molar-refractivity contribution in [1.82, 2.24) is 4.90 Å². The number of piperazine rings is 1. The van der Waals surface area contributed by atoms with Crippen LogP contribution in [0.2, 0.25) is 0 Å². The molecule has 0 saturated carbocycles. The minimum atomic E-state index is -1.02. The summed E-state index contributed by atoms with van der Waals surface area (Å²) in [5.41, 5.74) is 5.12. The SMILES string of the molecule is CC(=O)N1CCN(c2ccc(-c3oc4c([C@@H](C)Nc5ccccc5C(=O)O)cc(C)cc4c(=O)c3C)cc2)CC1. The Bertz CT molecular complexity index is 1650. The minimum Gasteiger partial charge on any atom is -0.478 e. The molecule has 5 rings (SSSR count). The Hall–Kier alpha value is -4.59. The van der Waals surface area contributed by atoms with Crippen molar-refractivity contribution < 1.29 is 19.1 Å². The van der Waals surface area contributed by atoms with Gasteiger partial charge in [-0.3, -0.25) is 9.59 Å². The number of aromatic carboxylic acids is 1. The summed E-state index contributed by atoms with van der Waals surface area (Å²) >= 11 is 0. The Morgan fingerprint density at radius 3 is 2.30 bits per heavy atom. The lowest BCUT2D eigenvalue weighted by Gasteiger charge is -2.35. The second-order valence-electron chi connectivity index (χ2n) is 10.4. The molecule has 0 bridgehead atoms. The molecule has 3 aromatic carbocycles. The molecular weight excluding hydrogens is 506 g/mol. The Balaban J connectivity index is 1.50. The highest BCUT2D eigenvalue weighted by Gasteiger charge is 2.22. The maximum atomic E-state index is 13.6. The maximum absolute atomic E-state index is 13.6. The lowest BCUT2D eigenvalue weighted by Crippen LogP contribution is -2.48. The van der Waals surface area contributed by atoms with E-state index in [9.17, 15) is 19.5 Å². The number of carboxylic acid groups (broad SMARTS) is 1. The predicted molar refractivity (Wildman–Crippen MR) is 157 cm³/mol. The summed E-state index contributed by atoms with van der Waals surface area (Å²) in [5, 5.41) is 13.4. The normalized spacial score (nSPS) is 14.3. The molecule has 1 aliphatic rings. The van der Waals surface area contributed by atoms with Crippen molar-refractivity contribution in [3.8, 4) is 11.3 Å². The van der Waals surface area contributed by atoms with Crippen LogP contribution >= 0.6 is 0 Å². The molecule has 0 aliphatic carbocycles. The predicted octanol–water partition coefficient (Wildman–Crippen LogP) is 5.62. The molecule has 206 valence electrons. The van der Waals surface area contributed by atoms with Gasteiger partial charge in [0.05, 0.1) is 17.0 Å². The first kappa shape index (κ1) is 27.0. The molecule has 1 aromatic heterocycles. The summed E-state index contributed by atoms with van der Waals surface area (Å²) in [4.78, 5) is 41.0. The number of aryl methyl sites for hydroxylation is 1. The highest BCUT2D eigenvalue weighted by molar-refractivity contribution is 5.94. The Labute approximate surface area is 232 Å². The zero-order valence-electron chi connectivity index (χ0n) is 23.2. The quantitative estimate of drug-likeness (QED) is 0.328. The highest BCUT2D eigenvalue weighted by Crippen LogP contribution is 2.33. The molecule has 0 radical (unpaired) electrons. The Kier molecular flexibility index (Phi) is 7.34. The molecule has 1 aliphatic heterocycles. The first-order chi connectivity index (χ1) is 19.1. The number of benzene rings is 3. The van der Waals surface area contributed by atoms with E-state index in [0.29, 0.717) is 41.1 Å². The van der Waals surface area contributed by atoms with Crippen LogP contribution in [0.3, 0.4) is 0 Å². The molecule has 1 saturated heterocycles. The number of fused-ring (bicyclic) bond motifs is 1. The summed E-state index contributed by atoms with van der Waals surface area (Å²) in [6, 6.07) is 18.2. The highest BCUT2D eigenvalue weighted by atomic mass is 16.4. The lowest BCUT2D eigenvalue weighted by molar-refractivity contribution is -0.129. The van der Waals surface area contributed by atoms with Crippen LogP contribution in [0.15, 0.2) is 69.9 Å². The van der Waals surface area contributed by atoms with Gasteiger partial charge in [-0.1, -0.05) is 18.2 Å². The van der Waals surface area contributed by atoms with Gasteiger partial charge in [0.2, 0.25) is 5.91 Å². The van der Waals surface area contributed by atoms with Gasteiger partial charge in [0.15, 0.2) is 5.43 Å². The Morgan fingerprint density at radius 1 is 0.975 bits per heavy atom. The van der Waals surface area contributed by atoms with Gasteiger partial charge in [0, 0.05) is 61.2 Å². The van der Waals surface area contributed by atoms with Gasteiger partial charge in [0.1, 0.15) is 11.3 Å². The second kappa shape index (κ2) is 10.9. The van der Waals surface area contributed by atoms with Gasteiger partial charge in [-0.25, -0.2) is 4.79 Å². The molecule has 2 heterocycles. The number of carbonyl (C=O) groups excluding carboxylic acids is 1. The van der Waals surface area contributed by atoms with E-state index < -0.39 is 5.97 Å². The minimum absolute atomic E-state index is 0.0937. The van der Waals surface area contributed by atoms with Crippen molar-refractivity contribution in [3.63, 3.8) is 0 Å². The number of para-hydroxylation sites is 1.